The van der Waals surface area contributed by atoms with Crippen molar-refractivity contribution in [2.24, 2.45) is 0 Å². The highest BCUT2D eigenvalue weighted by molar-refractivity contribution is 5.66. The Morgan fingerprint density at radius 3 is 2.74 bits per heavy atom. The van der Waals surface area contributed by atoms with Crippen molar-refractivity contribution in [2.45, 2.75) is 31.9 Å². The predicted octanol–water partition coefficient (Wildman–Crippen LogP) is 1.60. The Bertz CT molecular complexity index is 406. The van der Waals surface area contributed by atoms with Gasteiger partial charge >= 0.3 is 12.1 Å². The second-order valence-electron chi connectivity index (χ2n) is 3.77. The van der Waals surface area contributed by atoms with E-state index in [1.165, 1.54) is 0 Å². The van der Waals surface area contributed by atoms with E-state index in [1.807, 2.05) is 0 Å². The van der Waals surface area contributed by atoms with E-state index in [-0.39, 0.29) is 31.2 Å². The summed E-state index contributed by atoms with van der Waals surface area (Å²) in [6.07, 6.45) is -3.56. The fraction of sp³-hybridized carbons (Fsp3) is 0.700. The van der Waals surface area contributed by atoms with Crippen LogP contribution in [0.25, 0.3) is 0 Å². The molecule has 1 heterocycles. The van der Waals surface area contributed by atoms with Crippen molar-refractivity contribution in [3.63, 3.8) is 0 Å². The van der Waals surface area contributed by atoms with E-state index in [1.54, 1.807) is 0 Å². The molecule has 0 saturated carbocycles. The zero-order valence-corrected chi connectivity index (χ0v) is 9.94. The summed E-state index contributed by atoms with van der Waals surface area (Å²) in [7, 11) is 0. The molecule has 6 nitrogen and oxygen atoms in total. The molecule has 1 N–H and O–H groups in total. The van der Waals surface area contributed by atoms with Gasteiger partial charge in [-0.2, -0.15) is 18.2 Å². The van der Waals surface area contributed by atoms with Crippen LogP contribution in [0.1, 0.15) is 24.6 Å². The summed E-state index contributed by atoms with van der Waals surface area (Å²) in [5.74, 6) is -0.403. The first-order valence-electron chi connectivity index (χ1n) is 5.54. The van der Waals surface area contributed by atoms with Gasteiger partial charge in [-0.1, -0.05) is 5.16 Å². The van der Waals surface area contributed by atoms with Gasteiger partial charge in [0.2, 0.25) is 5.89 Å². The highest BCUT2D eigenvalue weighted by atomic mass is 19.4. The van der Waals surface area contributed by atoms with Crippen LogP contribution in [0, 0.1) is 0 Å². The first-order chi connectivity index (χ1) is 8.87. The Morgan fingerprint density at radius 1 is 1.37 bits per heavy atom. The van der Waals surface area contributed by atoms with Crippen molar-refractivity contribution < 1.29 is 32.3 Å². The summed E-state index contributed by atoms with van der Waals surface area (Å²) in [4.78, 5) is 14.2. The lowest BCUT2D eigenvalue weighted by atomic mass is 10.2. The lowest BCUT2D eigenvalue weighted by Gasteiger charge is -2.05. The molecule has 0 amide bonds. The summed E-state index contributed by atoms with van der Waals surface area (Å²) in [6, 6.07) is 0. The molecule has 0 fully saturated rings. The predicted molar refractivity (Wildman–Crippen MR) is 55.4 cm³/mol. The zero-order chi connectivity index (χ0) is 14.3. The van der Waals surface area contributed by atoms with E-state index in [0.717, 1.165) is 0 Å². The maximum Gasteiger partial charge on any atom is 0.411 e. The van der Waals surface area contributed by atoms with Crippen LogP contribution < -0.4 is 0 Å². The minimum absolute atomic E-state index is 0.00753. The second-order valence-corrected chi connectivity index (χ2v) is 3.77. The maximum atomic E-state index is 11.8. The SMILES string of the molecule is O=C(O)CCCc1nc(CCOCC(F)(F)F)no1. The van der Waals surface area contributed by atoms with Gasteiger partial charge in [-0.25, -0.2) is 0 Å². The molecule has 0 aliphatic carbocycles. The van der Waals surface area contributed by atoms with Crippen molar-refractivity contribution in [1.29, 1.82) is 0 Å². The Morgan fingerprint density at radius 2 is 2.11 bits per heavy atom. The molecule has 1 aromatic heterocycles. The quantitative estimate of drug-likeness (QED) is 0.729. The molecule has 0 radical (unpaired) electrons. The fourth-order valence-corrected chi connectivity index (χ4v) is 1.24. The van der Waals surface area contributed by atoms with E-state index >= 15 is 0 Å². The zero-order valence-electron chi connectivity index (χ0n) is 9.94. The molecule has 19 heavy (non-hydrogen) atoms. The summed E-state index contributed by atoms with van der Waals surface area (Å²) < 4.78 is 44.5. The van der Waals surface area contributed by atoms with Gasteiger partial charge in [-0.15, -0.1) is 0 Å². The number of aliphatic carboxylic acids is 1. The third kappa shape index (κ3) is 7.39. The largest absolute Gasteiger partial charge is 0.481 e. The van der Waals surface area contributed by atoms with Crippen LogP contribution in [0.4, 0.5) is 13.2 Å². The van der Waals surface area contributed by atoms with Crippen LogP contribution in [0.3, 0.4) is 0 Å². The van der Waals surface area contributed by atoms with Gasteiger partial charge in [0.05, 0.1) is 6.61 Å². The monoisotopic (exact) mass is 282 g/mol. The highest BCUT2D eigenvalue weighted by Crippen LogP contribution is 2.14. The molecule has 0 aromatic carbocycles. The van der Waals surface area contributed by atoms with E-state index in [4.69, 9.17) is 9.63 Å². The number of alkyl halides is 3. The Hall–Kier alpha value is -1.64. The van der Waals surface area contributed by atoms with Gasteiger partial charge in [0, 0.05) is 19.3 Å². The number of carbonyl (C=O) groups is 1. The third-order valence-electron chi connectivity index (χ3n) is 2.03. The van der Waals surface area contributed by atoms with E-state index in [0.29, 0.717) is 12.8 Å². The first-order valence-corrected chi connectivity index (χ1v) is 5.54. The molecule has 0 saturated heterocycles. The van der Waals surface area contributed by atoms with Crippen molar-refractivity contribution in [2.75, 3.05) is 13.2 Å². The Balaban J connectivity index is 2.21. The topological polar surface area (TPSA) is 85.5 Å². The highest BCUT2D eigenvalue weighted by Gasteiger charge is 2.27. The molecular formula is C10H13F3N2O4. The van der Waals surface area contributed by atoms with Crippen molar-refractivity contribution in [3.05, 3.63) is 11.7 Å². The van der Waals surface area contributed by atoms with Gasteiger partial charge in [0.25, 0.3) is 0 Å². The number of halogens is 3. The normalized spacial score (nSPS) is 11.7. The molecule has 1 aromatic rings. The molecule has 108 valence electrons. The summed E-state index contributed by atoms with van der Waals surface area (Å²) in [5, 5.41) is 12.0. The van der Waals surface area contributed by atoms with Crippen molar-refractivity contribution in [1.82, 2.24) is 10.1 Å². The Labute approximate surface area is 106 Å². The van der Waals surface area contributed by atoms with Crippen molar-refractivity contribution in [3.8, 4) is 0 Å². The van der Waals surface area contributed by atoms with E-state index < -0.39 is 18.8 Å². The lowest BCUT2D eigenvalue weighted by Crippen LogP contribution is -2.18. The lowest BCUT2D eigenvalue weighted by molar-refractivity contribution is -0.173. The van der Waals surface area contributed by atoms with Gasteiger partial charge in [0.15, 0.2) is 5.82 Å². The second kappa shape index (κ2) is 7.07. The van der Waals surface area contributed by atoms with Crippen LogP contribution in [0.5, 0.6) is 0 Å². The minimum Gasteiger partial charge on any atom is -0.481 e. The number of hydrogen-bond acceptors (Lipinski definition) is 5. The number of nitrogens with zero attached hydrogens (tertiary/aromatic N) is 2. The number of rotatable bonds is 8. The average molecular weight is 282 g/mol. The molecule has 0 spiro atoms. The van der Waals surface area contributed by atoms with E-state index in [9.17, 15) is 18.0 Å². The summed E-state index contributed by atoms with van der Waals surface area (Å²) in [6.45, 7) is -1.47. The maximum absolute atomic E-state index is 11.8. The third-order valence-corrected chi connectivity index (χ3v) is 2.03. The van der Waals surface area contributed by atoms with Crippen LogP contribution >= 0.6 is 0 Å². The first kappa shape index (κ1) is 15.4. The van der Waals surface area contributed by atoms with Crippen LogP contribution in [-0.2, 0) is 22.4 Å². The van der Waals surface area contributed by atoms with Gasteiger partial charge in [0.1, 0.15) is 6.61 Å². The molecule has 0 unspecified atom stereocenters. The molecule has 9 heteroatoms. The summed E-state index contributed by atoms with van der Waals surface area (Å²) in [5.41, 5.74) is 0. The number of aryl methyl sites for hydroxylation is 1. The smallest absolute Gasteiger partial charge is 0.411 e. The molecule has 0 atom stereocenters. The van der Waals surface area contributed by atoms with Gasteiger partial charge < -0.3 is 14.4 Å². The molecule has 0 bridgehead atoms. The molecule has 0 aliphatic rings. The van der Waals surface area contributed by atoms with Crippen LogP contribution in [0.15, 0.2) is 4.52 Å². The molecule has 1 rings (SSSR count). The number of aromatic nitrogens is 2. The summed E-state index contributed by atoms with van der Waals surface area (Å²) >= 11 is 0. The van der Waals surface area contributed by atoms with Crippen LogP contribution in [0.2, 0.25) is 0 Å². The molecular weight excluding hydrogens is 269 g/mol. The number of hydrogen-bond donors (Lipinski definition) is 1. The van der Waals surface area contributed by atoms with E-state index in [2.05, 4.69) is 14.9 Å². The van der Waals surface area contributed by atoms with Gasteiger partial charge in [-0.3, -0.25) is 4.79 Å². The number of carboxylic acid groups (broad SMARTS) is 1. The average Bonchev–Trinajstić information content (AvgIpc) is 2.71. The number of carboxylic acids is 1. The minimum atomic E-state index is -4.35. The van der Waals surface area contributed by atoms with Crippen LogP contribution in [-0.4, -0.2) is 40.6 Å². The van der Waals surface area contributed by atoms with Crippen molar-refractivity contribution >= 4 is 5.97 Å². The number of ether oxygens (including phenoxy) is 1. The van der Waals surface area contributed by atoms with Gasteiger partial charge in [-0.05, 0) is 6.42 Å². The molecule has 0 aliphatic heterocycles. The Kier molecular flexibility index (Phi) is 5.74. The standard InChI is InChI=1S/C10H13F3N2O4/c11-10(12,13)6-18-5-4-7-14-8(19-15-7)2-1-3-9(16)17/h1-6H2,(H,16,17). The fourth-order valence-electron chi connectivity index (χ4n) is 1.24.